The summed E-state index contributed by atoms with van der Waals surface area (Å²) >= 11 is 0. The largest absolute Gasteiger partial charge is 0.493 e. The molecule has 1 heterocycles. The summed E-state index contributed by atoms with van der Waals surface area (Å²) in [6, 6.07) is 12.4. The third-order valence-corrected chi connectivity index (χ3v) is 4.69. The van der Waals surface area contributed by atoms with Gasteiger partial charge in [-0.2, -0.15) is 0 Å². The van der Waals surface area contributed by atoms with Gasteiger partial charge in [-0.05, 0) is 66.8 Å². The second-order valence-corrected chi connectivity index (χ2v) is 6.35. The van der Waals surface area contributed by atoms with E-state index in [0.29, 0.717) is 0 Å². The molecule has 4 nitrogen and oxygen atoms in total. The number of hydrogen-bond donors (Lipinski definition) is 1. The molecule has 0 spiro atoms. The number of ether oxygens (including phenoxy) is 2. The molecule has 0 aromatic heterocycles. The first-order valence-electron chi connectivity index (χ1n) is 8.50. The summed E-state index contributed by atoms with van der Waals surface area (Å²) in [7, 11) is 3.38. The van der Waals surface area contributed by atoms with Crippen LogP contribution in [0.2, 0.25) is 0 Å². The molecule has 0 atom stereocenters. The number of nitrogens with zero attached hydrogens (tertiary/aromatic N) is 1. The molecule has 0 radical (unpaired) electrons. The highest BCUT2D eigenvalue weighted by Gasteiger charge is 2.19. The Morgan fingerprint density at radius 3 is 2.50 bits per heavy atom. The molecule has 0 saturated carbocycles. The smallest absolute Gasteiger partial charge is 0.161 e. The predicted molar refractivity (Wildman–Crippen MR) is 97.7 cm³/mol. The number of fused-ring (bicyclic) bond motifs is 1. The highest BCUT2D eigenvalue weighted by Crippen LogP contribution is 2.33. The van der Waals surface area contributed by atoms with E-state index in [9.17, 15) is 0 Å². The van der Waals surface area contributed by atoms with Crippen molar-refractivity contribution in [3.8, 4) is 11.5 Å². The summed E-state index contributed by atoms with van der Waals surface area (Å²) in [5.41, 5.74) is 10.7. The monoisotopic (exact) mass is 326 g/mol. The molecule has 0 aliphatic carbocycles. The van der Waals surface area contributed by atoms with Gasteiger partial charge < -0.3 is 15.2 Å². The van der Waals surface area contributed by atoms with Crippen LogP contribution in [-0.4, -0.2) is 32.2 Å². The summed E-state index contributed by atoms with van der Waals surface area (Å²) in [5.74, 6) is 1.64. The van der Waals surface area contributed by atoms with Crippen molar-refractivity contribution >= 4 is 5.69 Å². The van der Waals surface area contributed by atoms with Gasteiger partial charge in [0.15, 0.2) is 11.5 Å². The van der Waals surface area contributed by atoms with E-state index < -0.39 is 0 Å². The molecule has 0 unspecified atom stereocenters. The van der Waals surface area contributed by atoms with Crippen LogP contribution in [0.15, 0.2) is 36.4 Å². The van der Waals surface area contributed by atoms with Crippen LogP contribution in [0, 0.1) is 0 Å². The Kier molecular flexibility index (Phi) is 5.26. The standard InChI is InChI=1S/C20H26N2O2/c1-23-19-12-16-8-10-22(14-17(16)13-20(19)24-2)9-4-6-15-5-3-7-18(21)11-15/h3,5,7,11-13H,4,6,8-10,14,21H2,1-2H3. The quantitative estimate of drug-likeness (QED) is 0.828. The molecule has 0 bridgehead atoms. The first kappa shape index (κ1) is 16.7. The van der Waals surface area contributed by atoms with Gasteiger partial charge in [0.2, 0.25) is 0 Å². The van der Waals surface area contributed by atoms with Crippen LogP contribution in [0.1, 0.15) is 23.1 Å². The molecule has 1 aliphatic heterocycles. The van der Waals surface area contributed by atoms with Gasteiger partial charge in [0, 0.05) is 18.8 Å². The van der Waals surface area contributed by atoms with Crippen molar-refractivity contribution in [2.75, 3.05) is 33.0 Å². The maximum atomic E-state index is 5.84. The van der Waals surface area contributed by atoms with Crippen molar-refractivity contribution in [3.63, 3.8) is 0 Å². The van der Waals surface area contributed by atoms with E-state index in [1.165, 1.54) is 16.7 Å². The molecular weight excluding hydrogens is 300 g/mol. The fourth-order valence-corrected chi connectivity index (χ4v) is 3.39. The molecule has 0 fully saturated rings. The fourth-order valence-electron chi connectivity index (χ4n) is 3.39. The molecule has 3 rings (SSSR count). The SMILES string of the molecule is COc1cc2c(cc1OC)CN(CCCc1cccc(N)c1)CC2. The van der Waals surface area contributed by atoms with Crippen molar-refractivity contribution in [2.45, 2.75) is 25.8 Å². The summed E-state index contributed by atoms with van der Waals surface area (Å²) in [6.07, 6.45) is 3.28. The van der Waals surface area contributed by atoms with E-state index in [1.807, 2.05) is 12.1 Å². The van der Waals surface area contributed by atoms with Gasteiger partial charge in [-0.15, -0.1) is 0 Å². The highest BCUT2D eigenvalue weighted by molar-refractivity contribution is 5.48. The third-order valence-electron chi connectivity index (χ3n) is 4.69. The van der Waals surface area contributed by atoms with Crippen molar-refractivity contribution in [1.29, 1.82) is 0 Å². The van der Waals surface area contributed by atoms with E-state index in [1.54, 1.807) is 14.2 Å². The Bertz CT molecular complexity index is 700. The first-order chi connectivity index (χ1) is 11.7. The summed E-state index contributed by atoms with van der Waals surface area (Å²) in [5, 5.41) is 0. The predicted octanol–water partition coefficient (Wildman–Crippen LogP) is 3.28. The van der Waals surface area contributed by atoms with Crippen molar-refractivity contribution < 1.29 is 9.47 Å². The van der Waals surface area contributed by atoms with Crippen molar-refractivity contribution in [1.82, 2.24) is 4.90 Å². The van der Waals surface area contributed by atoms with Gasteiger partial charge in [-0.1, -0.05) is 12.1 Å². The average Bonchev–Trinajstić information content (AvgIpc) is 2.60. The Labute approximate surface area is 144 Å². The van der Waals surface area contributed by atoms with Gasteiger partial charge in [-0.3, -0.25) is 4.90 Å². The van der Waals surface area contributed by atoms with Crippen LogP contribution < -0.4 is 15.2 Å². The highest BCUT2D eigenvalue weighted by atomic mass is 16.5. The molecular formula is C20H26N2O2. The minimum absolute atomic E-state index is 0.817. The number of aryl methyl sites for hydroxylation is 1. The van der Waals surface area contributed by atoms with Crippen LogP contribution in [0.5, 0.6) is 11.5 Å². The van der Waals surface area contributed by atoms with Crippen molar-refractivity contribution in [2.24, 2.45) is 0 Å². The topological polar surface area (TPSA) is 47.7 Å². The molecule has 1 aliphatic rings. The van der Waals surface area contributed by atoms with Gasteiger partial charge in [-0.25, -0.2) is 0 Å². The van der Waals surface area contributed by atoms with Gasteiger partial charge in [0.25, 0.3) is 0 Å². The molecule has 24 heavy (non-hydrogen) atoms. The van der Waals surface area contributed by atoms with E-state index in [0.717, 1.165) is 56.1 Å². The maximum Gasteiger partial charge on any atom is 0.161 e. The summed E-state index contributed by atoms with van der Waals surface area (Å²) in [4.78, 5) is 2.51. The van der Waals surface area contributed by atoms with Crippen LogP contribution >= 0.6 is 0 Å². The van der Waals surface area contributed by atoms with Gasteiger partial charge in [0.1, 0.15) is 0 Å². The second kappa shape index (κ2) is 7.58. The molecule has 2 N–H and O–H groups in total. The van der Waals surface area contributed by atoms with E-state index in [2.05, 4.69) is 29.2 Å². The first-order valence-corrected chi connectivity index (χ1v) is 8.50. The lowest BCUT2D eigenvalue weighted by molar-refractivity contribution is 0.249. The average molecular weight is 326 g/mol. The lowest BCUT2D eigenvalue weighted by Gasteiger charge is -2.29. The Hall–Kier alpha value is -2.20. The number of nitrogen functional groups attached to an aromatic ring is 1. The van der Waals surface area contributed by atoms with Gasteiger partial charge in [0.05, 0.1) is 14.2 Å². The number of methoxy groups -OCH3 is 2. The number of nitrogens with two attached hydrogens (primary N) is 1. The maximum absolute atomic E-state index is 5.84. The third kappa shape index (κ3) is 3.82. The van der Waals surface area contributed by atoms with E-state index in [-0.39, 0.29) is 0 Å². The number of anilines is 1. The summed E-state index contributed by atoms with van der Waals surface area (Å²) in [6.45, 7) is 3.18. The van der Waals surface area contributed by atoms with Crippen LogP contribution in [0.25, 0.3) is 0 Å². The minimum atomic E-state index is 0.817. The lowest BCUT2D eigenvalue weighted by Crippen LogP contribution is -2.31. The Morgan fingerprint density at radius 2 is 1.79 bits per heavy atom. The molecule has 128 valence electrons. The fraction of sp³-hybridized carbons (Fsp3) is 0.400. The van der Waals surface area contributed by atoms with E-state index >= 15 is 0 Å². The zero-order valence-corrected chi connectivity index (χ0v) is 14.5. The molecule has 2 aromatic carbocycles. The summed E-state index contributed by atoms with van der Waals surface area (Å²) < 4.78 is 10.8. The Balaban J connectivity index is 1.58. The molecule has 0 amide bonds. The van der Waals surface area contributed by atoms with Crippen LogP contribution in [-0.2, 0) is 19.4 Å². The van der Waals surface area contributed by atoms with E-state index in [4.69, 9.17) is 15.2 Å². The number of rotatable bonds is 6. The van der Waals surface area contributed by atoms with Gasteiger partial charge >= 0.3 is 0 Å². The molecule has 4 heteroatoms. The zero-order chi connectivity index (χ0) is 16.9. The second-order valence-electron chi connectivity index (χ2n) is 6.35. The number of hydrogen-bond acceptors (Lipinski definition) is 4. The number of benzene rings is 2. The lowest BCUT2D eigenvalue weighted by atomic mass is 9.98. The zero-order valence-electron chi connectivity index (χ0n) is 14.5. The molecule has 2 aromatic rings. The van der Waals surface area contributed by atoms with Crippen LogP contribution in [0.4, 0.5) is 5.69 Å². The molecule has 0 saturated heterocycles. The minimum Gasteiger partial charge on any atom is -0.493 e. The Morgan fingerprint density at radius 1 is 1.04 bits per heavy atom. The normalized spacial score (nSPS) is 14.2. The van der Waals surface area contributed by atoms with Crippen molar-refractivity contribution in [3.05, 3.63) is 53.1 Å². The van der Waals surface area contributed by atoms with Crippen LogP contribution in [0.3, 0.4) is 0 Å².